The lowest BCUT2D eigenvalue weighted by atomic mass is 10.00. The molecule has 0 aliphatic heterocycles. The molecule has 0 atom stereocenters. The van der Waals surface area contributed by atoms with Crippen molar-refractivity contribution in [2.24, 2.45) is 0 Å². The van der Waals surface area contributed by atoms with Crippen LogP contribution in [0.3, 0.4) is 0 Å². The number of rotatable bonds is 5. The van der Waals surface area contributed by atoms with E-state index in [-0.39, 0.29) is 5.56 Å². The summed E-state index contributed by atoms with van der Waals surface area (Å²) in [5, 5.41) is 5.41. The number of halogens is 1. The molecule has 0 spiro atoms. The van der Waals surface area contributed by atoms with Crippen molar-refractivity contribution >= 4 is 23.4 Å². The molecule has 0 fully saturated rings. The molecule has 3 nitrogen and oxygen atoms in total. The van der Waals surface area contributed by atoms with E-state index in [1.165, 1.54) is 9.58 Å². The van der Waals surface area contributed by atoms with Gasteiger partial charge in [-0.3, -0.25) is 4.79 Å². The Morgan fingerprint density at radius 1 is 0.897 bits per heavy atom. The van der Waals surface area contributed by atoms with Crippen LogP contribution in [0, 0.1) is 0 Å². The van der Waals surface area contributed by atoms with Crippen molar-refractivity contribution in [1.29, 1.82) is 0 Å². The Kier molecular flexibility index (Phi) is 5.84. The molecule has 0 unspecified atom stereocenters. The van der Waals surface area contributed by atoms with Crippen LogP contribution in [0.2, 0.25) is 5.02 Å². The summed E-state index contributed by atoms with van der Waals surface area (Å²) in [6.07, 6.45) is 2.05. The van der Waals surface area contributed by atoms with E-state index in [0.717, 1.165) is 27.9 Å². The van der Waals surface area contributed by atoms with Crippen molar-refractivity contribution in [3.63, 3.8) is 0 Å². The molecule has 0 radical (unpaired) electrons. The first-order valence-electron chi connectivity index (χ1n) is 9.20. The van der Waals surface area contributed by atoms with Gasteiger partial charge >= 0.3 is 0 Å². The van der Waals surface area contributed by atoms with Gasteiger partial charge in [0.2, 0.25) is 0 Å². The maximum absolute atomic E-state index is 12.8. The van der Waals surface area contributed by atoms with Crippen LogP contribution in [-0.2, 0) is 6.54 Å². The van der Waals surface area contributed by atoms with Crippen molar-refractivity contribution in [3.8, 4) is 22.4 Å². The molecule has 0 bridgehead atoms. The van der Waals surface area contributed by atoms with E-state index >= 15 is 0 Å². The first kappa shape index (κ1) is 19.5. The lowest BCUT2D eigenvalue weighted by Crippen LogP contribution is -2.23. The van der Waals surface area contributed by atoms with E-state index in [9.17, 15) is 4.79 Å². The third kappa shape index (κ3) is 4.44. The van der Waals surface area contributed by atoms with E-state index in [0.29, 0.717) is 11.6 Å². The van der Waals surface area contributed by atoms with Crippen molar-refractivity contribution in [2.75, 3.05) is 6.26 Å². The van der Waals surface area contributed by atoms with Gasteiger partial charge in [-0.2, -0.15) is 5.10 Å². The second-order valence-electron chi connectivity index (χ2n) is 6.62. The third-order valence-electron chi connectivity index (χ3n) is 4.69. The second-order valence-corrected chi connectivity index (χ2v) is 7.94. The van der Waals surface area contributed by atoms with E-state index < -0.39 is 0 Å². The highest BCUT2D eigenvalue weighted by molar-refractivity contribution is 7.98. The summed E-state index contributed by atoms with van der Waals surface area (Å²) >= 11 is 7.74. The number of hydrogen-bond acceptors (Lipinski definition) is 3. The highest BCUT2D eigenvalue weighted by atomic mass is 35.5. The highest BCUT2D eigenvalue weighted by Gasteiger charge is 2.13. The minimum Gasteiger partial charge on any atom is -0.268 e. The van der Waals surface area contributed by atoms with E-state index in [1.807, 2.05) is 73.0 Å². The fraction of sp³-hybridized carbons (Fsp3) is 0.0833. The summed E-state index contributed by atoms with van der Waals surface area (Å²) in [6, 6.07) is 27.3. The molecule has 0 amide bonds. The number of nitrogens with zero attached hydrogens (tertiary/aromatic N) is 2. The molecule has 3 aromatic carbocycles. The first-order valence-corrected chi connectivity index (χ1v) is 10.8. The molecule has 29 heavy (non-hydrogen) atoms. The van der Waals surface area contributed by atoms with Crippen LogP contribution in [0.1, 0.15) is 5.56 Å². The Hall–Kier alpha value is -2.82. The molecule has 0 saturated heterocycles. The van der Waals surface area contributed by atoms with Crippen molar-refractivity contribution in [1.82, 2.24) is 9.78 Å². The van der Waals surface area contributed by atoms with Crippen LogP contribution in [0.4, 0.5) is 0 Å². The van der Waals surface area contributed by atoms with Crippen LogP contribution >= 0.6 is 23.4 Å². The number of aromatic nitrogens is 2. The summed E-state index contributed by atoms with van der Waals surface area (Å²) in [5.74, 6) is 0. The standard InChI is InChI=1S/C24H19ClN2OS/c1-29-21-13-9-19(10-14-21)24-22(18-7-11-20(25)12-8-18)15-23(28)27(26-24)16-17-5-3-2-4-6-17/h2-15H,16H2,1H3. The third-order valence-corrected chi connectivity index (χ3v) is 5.69. The zero-order valence-electron chi connectivity index (χ0n) is 15.9. The monoisotopic (exact) mass is 418 g/mol. The minimum atomic E-state index is -0.136. The molecule has 0 N–H and O–H groups in total. The summed E-state index contributed by atoms with van der Waals surface area (Å²) in [4.78, 5) is 14.0. The van der Waals surface area contributed by atoms with Crippen molar-refractivity contribution in [2.45, 2.75) is 11.4 Å². The molecule has 1 aromatic heterocycles. The number of benzene rings is 3. The van der Waals surface area contributed by atoms with Crippen LogP contribution in [-0.4, -0.2) is 16.0 Å². The van der Waals surface area contributed by atoms with Gasteiger partial charge in [-0.25, -0.2) is 4.68 Å². The molecular formula is C24H19ClN2OS. The van der Waals surface area contributed by atoms with Gasteiger partial charge in [-0.15, -0.1) is 11.8 Å². The van der Waals surface area contributed by atoms with Gasteiger partial charge in [0.25, 0.3) is 5.56 Å². The van der Waals surface area contributed by atoms with E-state index in [2.05, 4.69) is 12.1 Å². The highest BCUT2D eigenvalue weighted by Crippen LogP contribution is 2.31. The summed E-state index contributed by atoms with van der Waals surface area (Å²) in [6.45, 7) is 0.427. The average Bonchev–Trinajstić information content (AvgIpc) is 2.76. The second kappa shape index (κ2) is 8.68. The molecular weight excluding hydrogens is 400 g/mol. The van der Waals surface area contributed by atoms with Gasteiger partial charge < -0.3 is 0 Å². The van der Waals surface area contributed by atoms with Gasteiger partial charge in [0.1, 0.15) is 0 Å². The Bertz CT molecular complexity index is 1170. The van der Waals surface area contributed by atoms with Crippen LogP contribution in [0.5, 0.6) is 0 Å². The maximum atomic E-state index is 12.8. The fourth-order valence-corrected chi connectivity index (χ4v) is 3.71. The summed E-state index contributed by atoms with van der Waals surface area (Å²) < 4.78 is 1.52. The van der Waals surface area contributed by atoms with Gasteiger partial charge in [0.05, 0.1) is 12.2 Å². The van der Waals surface area contributed by atoms with Gasteiger partial charge in [0.15, 0.2) is 0 Å². The molecule has 1 heterocycles. The normalized spacial score (nSPS) is 10.8. The topological polar surface area (TPSA) is 34.9 Å². The largest absolute Gasteiger partial charge is 0.268 e. The smallest absolute Gasteiger partial charge is 0.267 e. The van der Waals surface area contributed by atoms with Gasteiger partial charge in [-0.1, -0.05) is 66.2 Å². The molecule has 4 rings (SSSR count). The summed E-state index contributed by atoms with van der Waals surface area (Å²) in [7, 11) is 0. The predicted octanol–water partition coefficient (Wildman–Crippen LogP) is 6.00. The molecule has 0 aliphatic rings. The molecule has 4 aromatic rings. The Morgan fingerprint density at radius 3 is 2.21 bits per heavy atom. The Balaban J connectivity index is 1.86. The quantitative estimate of drug-likeness (QED) is 0.373. The van der Waals surface area contributed by atoms with E-state index in [4.69, 9.17) is 16.7 Å². The minimum absolute atomic E-state index is 0.136. The molecule has 0 aliphatic carbocycles. The van der Waals surface area contributed by atoms with E-state index in [1.54, 1.807) is 17.8 Å². The first-order chi connectivity index (χ1) is 14.1. The Morgan fingerprint density at radius 2 is 1.55 bits per heavy atom. The van der Waals surface area contributed by atoms with Crippen LogP contribution in [0.15, 0.2) is 94.6 Å². The zero-order valence-corrected chi connectivity index (χ0v) is 17.5. The molecule has 5 heteroatoms. The Labute approximate surface area is 179 Å². The average molecular weight is 419 g/mol. The zero-order chi connectivity index (χ0) is 20.2. The van der Waals surface area contributed by atoms with Gasteiger partial charge in [0, 0.05) is 27.1 Å². The lowest BCUT2D eigenvalue weighted by Gasteiger charge is -2.13. The maximum Gasteiger partial charge on any atom is 0.267 e. The van der Waals surface area contributed by atoms with Crippen molar-refractivity contribution < 1.29 is 0 Å². The molecule has 144 valence electrons. The summed E-state index contributed by atoms with van der Waals surface area (Å²) in [5.41, 5.74) is 4.35. The lowest BCUT2D eigenvalue weighted by molar-refractivity contribution is 0.643. The van der Waals surface area contributed by atoms with Gasteiger partial charge in [-0.05, 0) is 41.6 Å². The fourth-order valence-electron chi connectivity index (χ4n) is 3.17. The van der Waals surface area contributed by atoms with Crippen molar-refractivity contribution in [3.05, 3.63) is 106 Å². The molecule has 0 saturated carbocycles. The SMILES string of the molecule is CSc1ccc(-c2nn(Cc3ccccc3)c(=O)cc2-c2ccc(Cl)cc2)cc1. The van der Waals surface area contributed by atoms with Crippen LogP contribution in [0.25, 0.3) is 22.4 Å². The van der Waals surface area contributed by atoms with Crippen LogP contribution < -0.4 is 5.56 Å². The number of hydrogen-bond donors (Lipinski definition) is 0. The number of thioether (sulfide) groups is 1. The predicted molar refractivity (Wildman–Crippen MR) is 122 cm³/mol.